The van der Waals surface area contributed by atoms with Gasteiger partial charge in [-0.15, -0.1) is 0 Å². The maximum Gasteiger partial charge on any atom is 0.358 e. The fourth-order valence-corrected chi connectivity index (χ4v) is 3.24. The molecule has 5 atom stereocenters. The third-order valence-corrected chi connectivity index (χ3v) is 4.16. The second-order valence-electron chi connectivity index (χ2n) is 6.17. The molecule has 7 nitrogen and oxygen atoms in total. The van der Waals surface area contributed by atoms with Crippen LogP contribution >= 0.6 is 12.2 Å². The van der Waals surface area contributed by atoms with E-state index in [0.29, 0.717) is 5.75 Å². The first-order chi connectivity index (χ1) is 11.4. The van der Waals surface area contributed by atoms with Gasteiger partial charge >= 0.3 is 11.2 Å². The van der Waals surface area contributed by atoms with Crippen molar-refractivity contribution >= 4 is 23.4 Å². The summed E-state index contributed by atoms with van der Waals surface area (Å²) in [6.07, 6.45) is -3.33. The molecule has 0 unspecified atom stereocenters. The summed E-state index contributed by atoms with van der Waals surface area (Å²) in [5.41, 5.74) is 0. The van der Waals surface area contributed by atoms with Crippen molar-refractivity contribution in [2.45, 2.75) is 50.3 Å². The maximum atomic E-state index is 12.1. The molecule has 0 aromatic heterocycles. The van der Waals surface area contributed by atoms with Gasteiger partial charge in [-0.1, -0.05) is 18.2 Å². The van der Waals surface area contributed by atoms with Crippen LogP contribution in [0.15, 0.2) is 30.3 Å². The maximum absolute atomic E-state index is 12.1. The van der Waals surface area contributed by atoms with Gasteiger partial charge in [-0.2, -0.15) is 0 Å². The van der Waals surface area contributed by atoms with Crippen LogP contribution in [0.4, 0.5) is 0 Å². The summed E-state index contributed by atoms with van der Waals surface area (Å²) in [7, 11) is 0. The number of fused-ring (bicyclic) bond motifs is 3. The number of thiocarbonyl (C=S) groups is 1. The van der Waals surface area contributed by atoms with Crippen molar-refractivity contribution < 1.29 is 33.2 Å². The van der Waals surface area contributed by atoms with Crippen LogP contribution in [0.25, 0.3) is 0 Å². The van der Waals surface area contributed by atoms with Crippen LogP contribution in [-0.4, -0.2) is 47.7 Å². The van der Waals surface area contributed by atoms with Crippen molar-refractivity contribution in [2.75, 3.05) is 0 Å². The third kappa shape index (κ3) is 2.75. The van der Waals surface area contributed by atoms with Crippen LogP contribution in [-0.2, 0) is 28.5 Å². The number of benzene rings is 1. The Labute approximate surface area is 143 Å². The number of carbonyl (C=O) groups is 1. The average molecular weight is 352 g/mol. The van der Waals surface area contributed by atoms with E-state index < -0.39 is 42.5 Å². The molecule has 0 bridgehead atoms. The molecule has 0 saturated carbocycles. The molecule has 0 amide bonds. The number of para-hydroxylation sites is 1. The normalized spacial score (nSPS) is 35.9. The molecule has 3 heterocycles. The van der Waals surface area contributed by atoms with Crippen molar-refractivity contribution in [1.82, 2.24) is 0 Å². The van der Waals surface area contributed by atoms with E-state index in [1.54, 1.807) is 38.1 Å². The number of carbonyl (C=O) groups excluding carboxylic acids is 1. The number of hydrogen-bond acceptors (Lipinski definition) is 8. The van der Waals surface area contributed by atoms with Crippen molar-refractivity contribution in [3.8, 4) is 5.75 Å². The summed E-state index contributed by atoms with van der Waals surface area (Å²) in [5, 5.41) is -0.174. The minimum Gasteiger partial charge on any atom is -0.454 e. The molecule has 3 aliphatic rings. The fraction of sp³-hybridized carbons (Fsp3) is 0.500. The van der Waals surface area contributed by atoms with Crippen molar-refractivity contribution in [2.24, 2.45) is 0 Å². The Kier molecular flexibility index (Phi) is 3.72. The van der Waals surface area contributed by atoms with Crippen molar-refractivity contribution in [3.05, 3.63) is 30.3 Å². The van der Waals surface area contributed by atoms with Crippen LogP contribution < -0.4 is 4.74 Å². The van der Waals surface area contributed by atoms with Crippen LogP contribution in [0.5, 0.6) is 5.75 Å². The zero-order valence-corrected chi connectivity index (χ0v) is 13.9. The largest absolute Gasteiger partial charge is 0.454 e. The van der Waals surface area contributed by atoms with Gasteiger partial charge in [0.15, 0.2) is 24.3 Å². The van der Waals surface area contributed by atoms with Gasteiger partial charge in [-0.25, -0.2) is 4.79 Å². The van der Waals surface area contributed by atoms with E-state index >= 15 is 0 Å². The topological polar surface area (TPSA) is 72.5 Å². The lowest BCUT2D eigenvalue weighted by Gasteiger charge is -2.22. The van der Waals surface area contributed by atoms with Gasteiger partial charge in [0.1, 0.15) is 11.9 Å². The summed E-state index contributed by atoms with van der Waals surface area (Å²) in [4.78, 5) is 12.1. The molecule has 4 rings (SSSR count). The minimum absolute atomic E-state index is 0.174. The van der Waals surface area contributed by atoms with Gasteiger partial charge in [0.2, 0.25) is 6.10 Å². The smallest absolute Gasteiger partial charge is 0.358 e. The second-order valence-corrected chi connectivity index (χ2v) is 6.51. The third-order valence-electron chi connectivity index (χ3n) is 3.98. The molecular formula is C16H16O7S. The second kappa shape index (κ2) is 5.66. The molecule has 3 fully saturated rings. The van der Waals surface area contributed by atoms with E-state index in [1.807, 2.05) is 6.07 Å². The number of rotatable bonds is 2. The van der Waals surface area contributed by atoms with Gasteiger partial charge in [0, 0.05) is 12.2 Å². The van der Waals surface area contributed by atoms with Gasteiger partial charge in [-0.3, -0.25) is 0 Å². The molecule has 3 saturated heterocycles. The molecule has 1 aromatic rings. The predicted molar refractivity (Wildman–Crippen MR) is 83.1 cm³/mol. The zero-order chi connectivity index (χ0) is 16.9. The monoisotopic (exact) mass is 352 g/mol. The molecule has 0 radical (unpaired) electrons. The fourth-order valence-electron chi connectivity index (χ4n) is 3.04. The molecule has 0 spiro atoms. The van der Waals surface area contributed by atoms with E-state index in [2.05, 4.69) is 0 Å². The number of esters is 1. The first-order valence-corrected chi connectivity index (χ1v) is 7.99. The Morgan fingerprint density at radius 3 is 2.62 bits per heavy atom. The Hall–Kier alpha value is -1.74. The van der Waals surface area contributed by atoms with Crippen molar-refractivity contribution in [1.29, 1.82) is 0 Å². The Morgan fingerprint density at radius 2 is 1.88 bits per heavy atom. The lowest BCUT2D eigenvalue weighted by Crippen LogP contribution is -2.38. The first kappa shape index (κ1) is 15.8. The van der Waals surface area contributed by atoms with E-state index in [4.69, 9.17) is 40.6 Å². The highest BCUT2D eigenvalue weighted by molar-refractivity contribution is 7.79. The average Bonchev–Trinajstić information content (AvgIpc) is 3.09. The standard InChI is InChI=1S/C16H16O7S/c1-16(2)22-12-10-9(20-14(12)23-16)11(13(17)19-10)21-15(24)18-8-6-4-3-5-7-8/h3-7,9-12,14H,1-2H3/t9-,10-,11-,12+,14+/m0/s1. The minimum atomic E-state index is -1.01. The van der Waals surface area contributed by atoms with Crippen LogP contribution in [0.1, 0.15) is 13.8 Å². The first-order valence-electron chi connectivity index (χ1n) is 7.58. The quantitative estimate of drug-likeness (QED) is 0.586. The molecule has 0 N–H and O–H groups in total. The van der Waals surface area contributed by atoms with E-state index in [1.165, 1.54) is 0 Å². The molecule has 3 aliphatic heterocycles. The highest BCUT2D eigenvalue weighted by Gasteiger charge is 2.64. The van der Waals surface area contributed by atoms with Crippen LogP contribution in [0.3, 0.4) is 0 Å². The molecular weight excluding hydrogens is 336 g/mol. The lowest BCUT2D eigenvalue weighted by molar-refractivity contribution is -0.214. The Bertz CT molecular complexity index is 662. The van der Waals surface area contributed by atoms with E-state index in [-0.39, 0.29) is 5.24 Å². The molecule has 1 aromatic carbocycles. The van der Waals surface area contributed by atoms with Gasteiger partial charge in [-0.05, 0) is 26.0 Å². The summed E-state index contributed by atoms with van der Waals surface area (Å²) in [5.74, 6) is -0.823. The van der Waals surface area contributed by atoms with E-state index in [0.717, 1.165) is 0 Å². The highest BCUT2D eigenvalue weighted by atomic mass is 32.1. The summed E-state index contributed by atoms with van der Waals surface area (Å²) < 4.78 is 33.3. The summed E-state index contributed by atoms with van der Waals surface area (Å²) >= 11 is 5.05. The zero-order valence-electron chi connectivity index (χ0n) is 13.0. The van der Waals surface area contributed by atoms with Gasteiger partial charge in [0.25, 0.3) is 0 Å². The van der Waals surface area contributed by atoms with Crippen LogP contribution in [0, 0.1) is 0 Å². The Morgan fingerprint density at radius 1 is 1.12 bits per heavy atom. The molecule has 24 heavy (non-hydrogen) atoms. The van der Waals surface area contributed by atoms with E-state index in [9.17, 15) is 4.79 Å². The van der Waals surface area contributed by atoms with Crippen LogP contribution in [0.2, 0.25) is 0 Å². The SMILES string of the molecule is CC1(C)O[C@H]2O[C@H]3[C@H](OC(=O)[C@H]3OC(=S)Oc3ccccc3)[C@H]2O1. The molecule has 0 aliphatic carbocycles. The van der Waals surface area contributed by atoms with Gasteiger partial charge < -0.3 is 28.4 Å². The Balaban J connectivity index is 1.42. The highest BCUT2D eigenvalue weighted by Crippen LogP contribution is 2.43. The van der Waals surface area contributed by atoms with Crippen molar-refractivity contribution in [3.63, 3.8) is 0 Å². The number of hydrogen-bond donors (Lipinski definition) is 0. The molecule has 8 heteroatoms. The summed E-state index contributed by atoms with van der Waals surface area (Å²) in [6.45, 7) is 3.55. The van der Waals surface area contributed by atoms with Gasteiger partial charge in [0.05, 0.1) is 0 Å². The predicted octanol–water partition coefficient (Wildman–Crippen LogP) is 1.54. The summed E-state index contributed by atoms with van der Waals surface area (Å²) in [6, 6.07) is 8.91. The lowest BCUT2D eigenvalue weighted by atomic mass is 10.1. The molecule has 128 valence electrons. The number of ether oxygens (including phenoxy) is 6.